The van der Waals surface area contributed by atoms with Gasteiger partial charge < -0.3 is 5.73 Å². The Balaban J connectivity index is 2.64. The van der Waals surface area contributed by atoms with Crippen molar-refractivity contribution in [1.82, 2.24) is 9.78 Å². The van der Waals surface area contributed by atoms with E-state index in [0.29, 0.717) is 6.04 Å². The number of hydrogen-bond acceptors (Lipinski definition) is 2. The van der Waals surface area contributed by atoms with Crippen LogP contribution in [0, 0.1) is 0 Å². The van der Waals surface area contributed by atoms with E-state index in [1.807, 2.05) is 17.8 Å². The highest BCUT2D eigenvalue weighted by atomic mass is 15.3. The Labute approximate surface area is 73.6 Å². The summed E-state index contributed by atoms with van der Waals surface area (Å²) in [6, 6.07) is 0.654. The summed E-state index contributed by atoms with van der Waals surface area (Å²) < 4.78 is 1.96. The second kappa shape index (κ2) is 3.72. The number of hydrogen-bond donors (Lipinski definition) is 1. The molecule has 0 fully saturated rings. The average molecular weight is 167 g/mol. The molecule has 0 saturated heterocycles. The van der Waals surface area contributed by atoms with Gasteiger partial charge in [0.15, 0.2) is 0 Å². The molecule has 3 heteroatoms. The first-order valence-electron chi connectivity index (χ1n) is 4.38. The summed E-state index contributed by atoms with van der Waals surface area (Å²) in [5.74, 6) is 0. The molecule has 1 aromatic heterocycles. The lowest BCUT2D eigenvalue weighted by Crippen LogP contribution is -2.17. The molecule has 0 amide bonds. The number of rotatable bonds is 3. The molecule has 0 radical (unpaired) electrons. The maximum absolute atomic E-state index is 5.67. The van der Waals surface area contributed by atoms with Crippen LogP contribution in [-0.4, -0.2) is 15.8 Å². The Morgan fingerprint density at radius 2 is 2.17 bits per heavy atom. The molecule has 0 bridgehead atoms. The SMILES string of the molecule is CC(N)Cc1cnn(C(C)C)c1. The van der Waals surface area contributed by atoms with Crippen LogP contribution in [0.5, 0.6) is 0 Å². The lowest BCUT2D eigenvalue weighted by molar-refractivity contribution is 0.532. The van der Waals surface area contributed by atoms with Crippen LogP contribution < -0.4 is 5.73 Å². The zero-order valence-electron chi connectivity index (χ0n) is 7.99. The van der Waals surface area contributed by atoms with E-state index in [1.54, 1.807) is 0 Å². The molecule has 0 aliphatic heterocycles. The molecule has 0 aliphatic carbocycles. The van der Waals surface area contributed by atoms with Gasteiger partial charge in [-0.25, -0.2) is 0 Å². The van der Waals surface area contributed by atoms with Gasteiger partial charge >= 0.3 is 0 Å². The summed E-state index contributed by atoms with van der Waals surface area (Å²) in [6.07, 6.45) is 4.87. The largest absolute Gasteiger partial charge is 0.328 e. The van der Waals surface area contributed by atoms with Crippen LogP contribution in [0.4, 0.5) is 0 Å². The fraction of sp³-hybridized carbons (Fsp3) is 0.667. The van der Waals surface area contributed by atoms with Crippen molar-refractivity contribution in [2.75, 3.05) is 0 Å². The molecule has 0 aliphatic rings. The zero-order chi connectivity index (χ0) is 9.14. The standard InChI is InChI=1S/C9H17N3/c1-7(2)12-6-9(5-11-12)4-8(3)10/h5-8H,4,10H2,1-3H3. The molecule has 1 aromatic rings. The van der Waals surface area contributed by atoms with Gasteiger partial charge in [-0.15, -0.1) is 0 Å². The predicted molar refractivity (Wildman–Crippen MR) is 50.0 cm³/mol. The number of aromatic nitrogens is 2. The third kappa shape index (κ3) is 2.34. The molecule has 0 aromatic carbocycles. The van der Waals surface area contributed by atoms with Crippen molar-refractivity contribution in [3.8, 4) is 0 Å². The smallest absolute Gasteiger partial charge is 0.0522 e. The molecule has 0 spiro atoms. The van der Waals surface area contributed by atoms with Crippen LogP contribution in [0.2, 0.25) is 0 Å². The third-order valence-corrected chi connectivity index (χ3v) is 1.74. The van der Waals surface area contributed by atoms with Gasteiger partial charge in [0.2, 0.25) is 0 Å². The molecular formula is C9H17N3. The van der Waals surface area contributed by atoms with Crippen LogP contribution in [0.1, 0.15) is 32.4 Å². The minimum Gasteiger partial charge on any atom is -0.328 e. The number of nitrogens with two attached hydrogens (primary N) is 1. The maximum atomic E-state index is 5.67. The minimum atomic E-state index is 0.217. The molecule has 1 rings (SSSR count). The Bertz CT molecular complexity index is 238. The maximum Gasteiger partial charge on any atom is 0.0522 e. The summed E-state index contributed by atoms with van der Waals surface area (Å²) in [5.41, 5.74) is 6.89. The van der Waals surface area contributed by atoms with E-state index in [1.165, 1.54) is 5.56 Å². The fourth-order valence-corrected chi connectivity index (χ4v) is 1.14. The van der Waals surface area contributed by atoms with E-state index >= 15 is 0 Å². The van der Waals surface area contributed by atoms with Gasteiger partial charge in [0.05, 0.1) is 6.20 Å². The van der Waals surface area contributed by atoms with Gasteiger partial charge in [-0.05, 0) is 32.8 Å². The summed E-state index contributed by atoms with van der Waals surface area (Å²) >= 11 is 0. The van der Waals surface area contributed by atoms with Crippen molar-refractivity contribution in [3.05, 3.63) is 18.0 Å². The van der Waals surface area contributed by atoms with Crippen molar-refractivity contribution in [1.29, 1.82) is 0 Å². The van der Waals surface area contributed by atoms with Crippen LogP contribution in [0.15, 0.2) is 12.4 Å². The Morgan fingerprint density at radius 3 is 2.58 bits per heavy atom. The Hall–Kier alpha value is -0.830. The first-order chi connectivity index (χ1) is 5.59. The molecule has 1 heterocycles. The topological polar surface area (TPSA) is 43.8 Å². The van der Waals surface area contributed by atoms with E-state index in [9.17, 15) is 0 Å². The van der Waals surface area contributed by atoms with Crippen LogP contribution in [-0.2, 0) is 6.42 Å². The van der Waals surface area contributed by atoms with Gasteiger partial charge in [0.25, 0.3) is 0 Å². The normalized spacial score (nSPS) is 13.8. The van der Waals surface area contributed by atoms with Gasteiger partial charge in [-0.3, -0.25) is 4.68 Å². The van der Waals surface area contributed by atoms with Gasteiger partial charge in [0, 0.05) is 18.3 Å². The summed E-state index contributed by atoms with van der Waals surface area (Å²) in [5, 5.41) is 4.23. The second-order valence-corrected chi connectivity index (χ2v) is 3.60. The van der Waals surface area contributed by atoms with Gasteiger partial charge in [0.1, 0.15) is 0 Å². The van der Waals surface area contributed by atoms with Crippen molar-refractivity contribution >= 4 is 0 Å². The highest BCUT2D eigenvalue weighted by Crippen LogP contribution is 2.06. The van der Waals surface area contributed by atoms with E-state index in [2.05, 4.69) is 25.1 Å². The highest BCUT2D eigenvalue weighted by Gasteiger charge is 2.02. The van der Waals surface area contributed by atoms with Crippen LogP contribution in [0.3, 0.4) is 0 Å². The first kappa shape index (κ1) is 9.26. The number of nitrogens with zero attached hydrogens (tertiary/aromatic N) is 2. The molecule has 68 valence electrons. The molecule has 0 saturated carbocycles. The Kier molecular flexibility index (Phi) is 2.87. The fourth-order valence-electron chi connectivity index (χ4n) is 1.14. The lowest BCUT2D eigenvalue weighted by atomic mass is 10.1. The molecule has 1 atom stereocenters. The first-order valence-corrected chi connectivity index (χ1v) is 4.38. The lowest BCUT2D eigenvalue weighted by Gasteiger charge is -2.03. The van der Waals surface area contributed by atoms with Crippen molar-refractivity contribution in [2.24, 2.45) is 5.73 Å². The minimum absolute atomic E-state index is 0.217. The predicted octanol–water partition coefficient (Wildman–Crippen LogP) is 1.35. The summed E-state index contributed by atoms with van der Waals surface area (Å²) in [6.45, 7) is 6.23. The second-order valence-electron chi connectivity index (χ2n) is 3.60. The highest BCUT2D eigenvalue weighted by molar-refractivity contribution is 5.05. The van der Waals surface area contributed by atoms with Gasteiger partial charge in [-0.1, -0.05) is 0 Å². The van der Waals surface area contributed by atoms with E-state index in [-0.39, 0.29) is 6.04 Å². The molecular weight excluding hydrogens is 150 g/mol. The molecule has 1 unspecified atom stereocenters. The zero-order valence-corrected chi connectivity index (χ0v) is 7.99. The molecule has 2 N–H and O–H groups in total. The summed E-state index contributed by atoms with van der Waals surface area (Å²) in [4.78, 5) is 0. The van der Waals surface area contributed by atoms with Crippen LogP contribution >= 0.6 is 0 Å². The third-order valence-electron chi connectivity index (χ3n) is 1.74. The van der Waals surface area contributed by atoms with E-state index < -0.39 is 0 Å². The van der Waals surface area contributed by atoms with Crippen molar-refractivity contribution in [3.63, 3.8) is 0 Å². The van der Waals surface area contributed by atoms with Gasteiger partial charge in [-0.2, -0.15) is 5.10 Å². The quantitative estimate of drug-likeness (QED) is 0.738. The van der Waals surface area contributed by atoms with Crippen LogP contribution in [0.25, 0.3) is 0 Å². The van der Waals surface area contributed by atoms with Crippen molar-refractivity contribution in [2.45, 2.75) is 39.3 Å². The van der Waals surface area contributed by atoms with E-state index in [4.69, 9.17) is 5.73 Å². The van der Waals surface area contributed by atoms with E-state index in [0.717, 1.165) is 6.42 Å². The molecule has 12 heavy (non-hydrogen) atoms. The molecule has 3 nitrogen and oxygen atoms in total. The monoisotopic (exact) mass is 167 g/mol. The Morgan fingerprint density at radius 1 is 1.50 bits per heavy atom. The average Bonchev–Trinajstić information content (AvgIpc) is 2.34. The summed E-state index contributed by atoms with van der Waals surface area (Å²) in [7, 11) is 0. The van der Waals surface area contributed by atoms with Crippen molar-refractivity contribution < 1.29 is 0 Å².